The number of aliphatic hydroxyl groups is 1. The number of aliphatic hydroxyl groups excluding tert-OH is 1. The maximum atomic E-state index is 11.5. The number of hydrogen-bond donors (Lipinski definition) is 1. The third kappa shape index (κ3) is 6.18. The first-order valence-electron chi connectivity index (χ1n) is 8.22. The van der Waals surface area contributed by atoms with E-state index >= 15 is 0 Å². The SMILES string of the molecule is CCN(C)c1ccc(C=Cc2ccc(OS(=O)(=O)OCCO)cc2)cc1. The van der Waals surface area contributed by atoms with E-state index in [4.69, 9.17) is 9.29 Å². The molecule has 1 N–H and O–H groups in total. The van der Waals surface area contributed by atoms with Gasteiger partial charge in [-0.05, 0) is 42.3 Å². The summed E-state index contributed by atoms with van der Waals surface area (Å²) in [5.41, 5.74) is 3.13. The van der Waals surface area contributed by atoms with Crippen molar-refractivity contribution >= 4 is 28.2 Å². The fourth-order valence-electron chi connectivity index (χ4n) is 2.13. The first kappa shape index (κ1) is 20.0. The van der Waals surface area contributed by atoms with Crippen LogP contribution >= 0.6 is 0 Å². The Morgan fingerprint density at radius 3 is 2.04 bits per heavy atom. The number of hydrogen-bond acceptors (Lipinski definition) is 6. The van der Waals surface area contributed by atoms with Crippen LogP contribution in [-0.4, -0.2) is 40.3 Å². The van der Waals surface area contributed by atoms with Crippen LogP contribution in [0.3, 0.4) is 0 Å². The summed E-state index contributed by atoms with van der Waals surface area (Å²) in [6.45, 7) is 2.31. The minimum absolute atomic E-state index is 0.145. The third-order valence-corrected chi connectivity index (χ3v) is 4.53. The lowest BCUT2D eigenvalue weighted by Crippen LogP contribution is -2.15. The highest BCUT2D eigenvalue weighted by atomic mass is 32.3. The molecule has 0 spiro atoms. The Hall–Kier alpha value is -2.35. The zero-order valence-corrected chi connectivity index (χ0v) is 15.6. The van der Waals surface area contributed by atoms with E-state index in [1.807, 2.05) is 31.3 Å². The zero-order chi connectivity index (χ0) is 19.0. The van der Waals surface area contributed by atoms with Gasteiger partial charge >= 0.3 is 10.4 Å². The molecule has 0 aliphatic heterocycles. The van der Waals surface area contributed by atoms with E-state index < -0.39 is 17.0 Å². The molecule has 140 valence electrons. The molecule has 0 saturated heterocycles. The van der Waals surface area contributed by atoms with Crippen molar-refractivity contribution in [2.24, 2.45) is 0 Å². The molecule has 0 amide bonds. The normalized spacial score (nSPS) is 11.7. The zero-order valence-electron chi connectivity index (χ0n) is 14.8. The summed E-state index contributed by atoms with van der Waals surface area (Å²) in [7, 11) is -2.12. The van der Waals surface area contributed by atoms with Gasteiger partial charge in [-0.1, -0.05) is 36.4 Å². The molecule has 0 unspecified atom stereocenters. The molecular weight excluding hydrogens is 354 g/mol. The van der Waals surface area contributed by atoms with Gasteiger partial charge in [0.15, 0.2) is 0 Å². The molecule has 7 heteroatoms. The van der Waals surface area contributed by atoms with E-state index in [0.717, 1.165) is 23.4 Å². The van der Waals surface area contributed by atoms with Crippen molar-refractivity contribution in [2.75, 3.05) is 31.7 Å². The summed E-state index contributed by atoms with van der Waals surface area (Å²) in [4.78, 5) is 2.16. The van der Waals surface area contributed by atoms with Crippen molar-refractivity contribution in [3.63, 3.8) is 0 Å². The molecule has 0 aliphatic rings. The predicted octanol–water partition coefficient (Wildman–Crippen LogP) is 2.95. The molecule has 0 atom stereocenters. The number of nitrogens with zero attached hydrogens (tertiary/aromatic N) is 1. The van der Waals surface area contributed by atoms with Crippen LogP contribution in [0.25, 0.3) is 12.2 Å². The van der Waals surface area contributed by atoms with Gasteiger partial charge in [-0.2, -0.15) is 8.42 Å². The highest BCUT2D eigenvalue weighted by molar-refractivity contribution is 7.82. The average Bonchev–Trinajstić information content (AvgIpc) is 2.65. The molecule has 0 fully saturated rings. The molecule has 0 saturated carbocycles. The summed E-state index contributed by atoms with van der Waals surface area (Å²) >= 11 is 0. The highest BCUT2D eigenvalue weighted by Crippen LogP contribution is 2.18. The maximum absolute atomic E-state index is 11.5. The Morgan fingerprint density at radius 1 is 1.00 bits per heavy atom. The summed E-state index contributed by atoms with van der Waals surface area (Å²) in [6.07, 6.45) is 3.91. The van der Waals surface area contributed by atoms with Gasteiger partial charge < -0.3 is 14.2 Å². The molecule has 2 rings (SSSR count). The van der Waals surface area contributed by atoms with Crippen LogP contribution in [0.5, 0.6) is 5.75 Å². The van der Waals surface area contributed by atoms with Crippen LogP contribution in [-0.2, 0) is 14.6 Å². The van der Waals surface area contributed by atoms with Gasteiger partial charge in [-0.25, -0.2) is 4.18 Å². The van der Waals surface area contributed by atoms with Gasteiger partial charge in [-0.15, -0.1) is 0 Å². The summed E-state index contributed by atoms with van der Waals surface area (Å²) in [5, 5.41) is 8.58. The van der Waals surface area contributed by atoms with E-state index in [1.54, 1.807) is 24.3 Å². The summed E-state index contributed by atoms with van der Waals surface area (Å²) in [6, 6.07) is 14.8. The summed E-state index contributed by atoms with van der Waals surface area (Å²) in [5.74, 6) is 0.145. The highest BCUT2D eigenvalue weighted by Gasteiger charge is 2.12. The van der Waals surface area contributed by atoms with Gasteiger partial charge in [0, 0.05) is 19.3 Å². The minimum atomic E-state index is -4.16. The van der Waals surface area contributed by atoms with E-state index in [0.29, 0.717) is 0 Å². The van der Waals surface area contributed by atoms with Gasteiger partial charge in [0.05, 0.1) is 13.2 Å². The van der Waals surface area contributed by atoms with Gasteiger partial charge in [0.1, 0.15) is 5.75 Å². The van der Waals surface area contributed by atoms with E-state index in [-0.39, 0.29) is 12.4 Å². The molecule has 0 radical (unpaired) electrons. The number of rotatable bonds is 9. The monoisotopic (exact) mass is 377 g/mol. The molecule has 0 bridgehead atoms. The Balaban J connectivity index is 1.99. The lowest BCUT2D eigenvalue weighted by Gasteiger charge is -2.16. The molecular formula is C19H23NO5S. The fourth-order valence-corrected chi connectivity index (χ4v) is 2.80. The van der Waals surface area contributed by atoms with Crippen LogP contribution in [0.15, 0.2) is 48.5 Å². The first-order valence-corrected chi connectivity index (χ1v) is 9.56. The van der Waals surface area contributed by atoms with Crippen LogP contribution in [0.2, 0.25) is 0 Å². The third-order valence-electron chi connectivity index (χ3n) is 3.67. The molecule has 0 aliphatic carbocycles. The number of benzene rings is 2. The second-order valence-corrected chi connectivity index (χ2v) is 6.76. The van der Waals surface area contributed by atoms with Crippen LogP contribution in [0.4, 0.5) is 5.69 Å². The van der Waals surface area contributed by atoms with Crippen molar-refractivity contribution in [3.8, 4) is 5.75 Å². The Bertz CT molecular complexity index is 814. The molecule has 0 aromatic heterocycles. The molecule has 6 nitrogen and oxygen atoms in total. The van der Waals surface area contributed by atoms with Gasteiger partial charge in [0.25, 0.3) is 0 Å². The summed E-state index contributed by atoms with van der Waals surface area (Å²) < 4.78 is 32.2. The fraction of sp³-hybridized carbons (Fsp3) is 0.263. The van der Waals surface area contributed by atoms with E-state index in [2.05, 4.69) is 28.1 Å². The minimum Gasteiger partial charge on any atom is -0.394 e. The molecule has 0 heterocycles. The molecule has 2 aromatic carbocycles. The van der Waals surface area contributed by atoms with Crippen LogP contribution in [0, 0.1) is 0 Å². The van der Waals surface area contributed by atoms with Crippen molar-refractivity contribution in [1.29, 1.82) is 0 Å². The van der Waals surface area contributed by atoms with Crippen molar-refractivity contribution in [1.82, 2.24) is 0 Å². The van der Waals surface area contributed by atoms with Crippen LogP contribution < -0.4 is 9.08 Å². The smallest absolute Gasteiger partial charge is 0.394 e. The van der Waals surface area contributed by atoms with E-state index in [1.165, 1.54) is 0 Å². The van der Waals surface area contributed by atoms with Crippen LogP contribution in [0.1, 0.15) is 18.1 Å². The van der Waals surface area contributed by atoms with Crippen molar-refractivity contribution in [2.45, 2.75) is 6.92 Å². The Labute approximate surface area is 154 Å². The van der Waals surface area contributed by atoms with E-state index in [9.17, 15) is 8.42 Å². The Kier molecular flexibility index (Phi) is 7.20. The maximum Gasteiger partial charge on any atom is 0.449 e. The van der Waals surface area contributed by atoms with Gasteiger partial charge in [-0.3, -0.25) is 0 Å². The quantitative estimate of drug-likeness (QED) is 0.677. The Morgan fingerprint density at radius 2 is 1.54 bits per heavy atom. The number of anilines is 1. The van der Waals surface area contributed by atoms with Crippen molar-refractivity contribution in [3.05, 3.63) is 59.7 Å². The van der Waals surface area contributed by atoms with Crippen molar-refractivity contribution < 1.29 is 21.9 Å². The largest absolute Gasteiger partial charge is 0.449 e. The molecule has 2 aromatic rings. The lowest BCUT2D eigenvalue weighted by atomic mass is 10.1. The second-order valence-electron chi connectivity index (χ2n) is 5.55. The lowest BCUT2D eigenvalue weighted by molar-refractivity contribution is 0.190. The standard InChI is InChI=1S/C19H23NO5S/c1-3-20(2)18-10-6-16(7-11-18)4-5-17-8-12-19(13-9-17)25-26(22,23)24-15-14-21/h4-13,21H,3,14-15H2,1-2H3. The van der Waals surface area contributed by atoms with Gasteiger partial charge in [0.2, 0.25) is 0 Å². The topological polar surface area (TPSA) is 76.1 Å². The predicted molar refractivity (Wildman–Crippen MR) is 103 cm³/mol. The molecule has 26 heavy (non-hydrogen) atoms. The average molecular weight is 377 g/mol. The second kappa shape index (κ2) is 9.38. The first-order chi connectivity index (χ1) is 12.4.